The molecule has 3 nitrogen and oxygen atoms in total. The van der Waals surface area contributed by atoms with Crippen molar-refractivity contribution in [1.29, 1.82) is 0 Å². The van der Waals surface area contributed by atoms with Gasteiger partial charge in [0.1, 0.15) is 0 Å². The topological polar surface area (TPSA) is 36.1 Å². The lowest BCUT2D eigenvalue weighted by atomic mass is 9.99. The van der Waals surface area contributed by atoms with E-state index < -0.39 is 0 Å². The number of hydrogen-bond donors (Lipinski definition) is 3. The lowest BCUT2D eigenvalue weighted by Gasteiger charge is -2.13. The average molecular weight is 380 g/mol. The second-order valence-electron chi connectivity index (χ2n) is 5.49. The van der Waals surface area contributed by atoms with Gasteiger partial charge in [-0.3, -0.25) is 5.43 Å². The second-order valence-corrected chi connectivity index (χ2v) is 6.31. The molecule has 0 atom stereocenters. The number of nitrogens with one attached hydrogen (secondary N) is 3. The van der Waals surface area contributed by atoms with Crippen molar-refractivity contribution in [2.75, 3.05) is 5.32 Å². The van der Waals surface area contributed by atoms with Crippen molar-refractivity contribution in [2.24, 2.45) is 0 Å². The predicted octanol–water partition coefficient (Wildman–Crippen LogP) is 5.22. The molecular formula is C21H18ClN3S. The van der Waals surface area contributed by atoms with Gasteiger partial charge in [-0.25, -0.2) is 0 Å². The molecule has 0 fully saturated rings. The number of para-hydroxylation sites is 1. The Morgan fingerprint density at radius 3 is 1.88 bits per heavy atom. The fourth-order valence-electron chi connectivity index (χ4n) is 2.46. The van der Waals surface area contributed by atoms with Gasteiger partial charge in [-0.1, -0.05) is 84.4 Å². The Bertz CT molecular complexity index is 854. The minimum absolute atomic E-state index is 0.426. The van der Waals surface area contributed by atoms with E-state index in [1.807, 2.05) is 66.9 Å². The fourth-order valence-corrected chi connectivity index (χ4v) is 2.81. The number of benzene rings is 3. The molecule has 5 heteroatoms. The Kier molecular flexibility index (Phi) is 6.25. The molecule has 130 valence electrons. The number of thiocarbonyl (C=S) groups is 1. The highest BCUT2D eigenvalue weighted by Gasteiger charge is 2.04. The van der Waals surface area contributed by atoms with Crippen molar-refractivity contribution in [1.82, 2.24) is 10.9 Å². The average Bonchev–Trinajstić information content (AvgIpc) is 2.68. The first kappa shape index (κ1) is 18.0. The Labute approximate surface area is 163 Å². The third-order valence-electron chi connectivity index (χ3n) is 3.69. The predicted molar refractivity (Wildman–Crippen MR) is 114 cm³/mol. The molecule has 0 saturated heterocycles. The Morgan fingerprint density at radius 2 is 1.31 bits per heavy atom. The van der Waals surface area contributed by atoms with Crippen LogP contribution in [0, 0.1) is 0 Å². The zero-order valence-corrected chi connectivity index (χ0v) is 15.5. The molecule has 3 aromatic rings. The summed E-state index contributed by atoms with van der Waals surface area (Å²) in [6.07, 6.45) is 1.89. The lowest BCUT2D eigenvalue weighted by Crippen LogP contribution is -2.37. The van der Waals surface area contributed by atoms with Crippen LogP contribution in [0.25, 0.3) is 5.57 Å². The molecule has 0 aliphatic carbocycles. The van der Waals surface area contributed by atoms with Gasteiger partial charge in [0.2, 0.25) is 0 Å². The van der Waals surface area contributed by atoms with Crippen LogP contribution in [0.3, 0.4) is 0 Å². The number of hydrazine groups is 1. The standard InChI is InChI=1S/C21H18ClN3S/c22-19-13-7-8-14-20(19)24-21(26)25-23-15-18(16-9-3-1-4-10-16)17-11-5-2-6-12-17/h1-15,23H,(H2,24,25,26). The number of anilines is 1. The summed E-state index contributed by atoms with van der Waals surface area (Å²) in [4.78, 5) is 0. The molecule has 26 heavy (non-hydrogen) atoms. The summed E-state index contributed by atoms with van der Waals surface area (Å²) in [5.41, 5.74) is 10.1. The summed E-state index contributed by atoms with van der Waals surface area (Å²) in [5.74, 6) is 0. The van der Waals surface area contributed by atoms with Crippen LogP contribution in [0.15, 0.2) is 91.1 Å². The SMILES string of the molecule is S=C(NNC=C(c1ccccc1)c1ccccc1)Nc1ccccc1Cl. The van der Waals surface area contributed by atoms with Crippen LogP contribution in [0.4, 0.5) is 5.69 Å². The maximum absolute atomic E-state index is 6.13. The van der Waals surface area contributed by atoms with Gasteiger partial charge in [0.15, 0.2) is 5.11 Å². The molecule has 3 aromatic carbocycles. The van der Waals surface area contributed by atoms with E-state index in [0.29, 0.717) is 10.1 Å². The van der Waals surface area contributed by atoms with E-state index in [-0.39, 0.29) is 0 Å². The second kappa shape index (κ2) is 9.04. The molecule has 0 aliphatic heterocycles. The normalized spacial score (nSPS) is 9.88. The molecule has 3 N–H and O–H groups in total. The van der Waals surface area contributed by atoms with Crippen molar-refractivity contribution < 1.29 is 0 Å². The molecule has 0 saturated carbocycles. The summed E-state index contributed by atoms with van der Waals surface area (Å²) in [6, 6.07) is 27.8. The Morgan fingerprint density at radius 1 is 0.769 bits per heavy atom. The molecule has 0 aromatic heterocycles. The molecule has 0 unspecified atom stereocenters. The highest BCUT2D eigenvalue weighted by Crippen LogP contribution is 2.22. The number of hydrogen-bond acceptors (Lipinski definition) is 2. The van der Waals surface area contributed by atoms with E-state index in [1.54, 1.807) is 0 Å². The van der Waals surface area contributed by atoms with Gasteiger partial charge in [0, 0.05) is 11.8 Å². The van der Waals surface area contributed by atoms with Gasteiger partial charge in [-0.15, -0.1) is 0 Å². The van der Waals surface area contributed by atoms with Crippen LogP contribution in [0.1, 0.15) is 11.1 Å². The van der Waals surface area contributed by atoms with Gasteiger partial charge >= 0.3 is 0 Å². The first-order valence-electron chi connectivity index (χ1n) is 8.12. The first-order chi connectivity index (χ1) is 12.7. The smallest absolute Gasteiger partial charge is 0.189 e. The lowest BCUT2D eigenvalue weighted by molar-refractivity contribution is 0.830. The van der Waals surface area contributed by atoms with E-state index in [0.717, 1.165) is 22.4 Å². The summed E-state index contributed by atoms with van der Waals surface area (Å²) in [6.45, 7) is 0. The maximum atomic E-state index is 6.13. The Balaban J connectivity index is 1.71. The molecule has 0 bridgehead atoms. The van der Waals surface area contributed by atoms with Gasteiger partial charge in [0.25, 0.3) is 0 Å². The summed E-state index contributed by atoms with van der Waals surface area (Å²) in [7, 11) is 0. The third-order valence-corrected chi connectivity index (χ3v) is 4.23. The summed E-state index contributed by atoms with van der Waals surface area (Å²) in [5, 5.41) is 4.10. The third kappa shape index (κ3) is 4.85. The molecule has 0 heterocycles. The van der Waals surface area contributed by atoms with Crippen molar-refractivity contribution in [3.63, 3.8) is 0 Å². The van der Waals surface area contributed by atoms with Crippen LogP contribution in [0.2, 0.25) is 5.02 Å². The van der Waals surface area contributed by atoms with E-state index >= 15 is 0 Å². The maximum Gasteiger partial charge on any atom is 0.189 e. The molecular weight excluding hydrogens is 362 g/mol. The molecule has 0 amide bonds. The fraction of sp³-hybridized carbons (Fsp3) is 0. The molecule has 0 radical (unpaired) electrons. The van der Waals surface area contributed by atoms with Gasteiger partial charge in [-0.05, 0) is 35.5 Å². The Hall–Kier alpha value is -2.82. The summed E-state index contributed by atoms with van der Waals surface area (Å²) >= 11 is 11.4. The molecule has 3 rings (SSSR count). The van der Waals surface area contributed by atoms with Crippen LogP contribution >= 0.6 is 23.8 Å². The summed E-state index contributed by atoms with van der Waals surface area (Å²) < 4.78 is 0. The van der Waals surface area contributed by atoms with E-state index in [9.17, 15) is 0 Å². The zero-order valence-electron chi connectivity index (χ0n) is 13.9. The van der Waals surface area contributed by atoms with Crippen LogP contribution < -0.4 is 16.2 Å². The zero-order chi connectivity index (χ0) is 18.2. The van der Waals surface area contributed by atoms with E-state index in [1.165, 1.54) is 0 Å². The van der Waals surface area contributed by atoms with Crippen LogP contribution in [-0.4, -0.2) is 5.11 Å². The minimum atomic E-state index is 0.426. The largest absolute Gasteiger partial charge is 0.330 e. The van der Waals surface area contributed by atoms with Crippen LogP contribution in [-0.2, 0) is 0 Å². The number of halogens is 1. The van der Waals surface area contributed by atoms with Crippen molar-refractivity contribution in [2.45, 2.75) is 0 Å². The highest BCUT2D eigenvalue weighted by molar-refractivity contribution is 7.80. The molecule has 0 spiro atoms. The number of rotatable bonds is 5. The van der Waals surface area contributed by atoms with Gasteiger partial charge < -0.3 is 10.7 Å². The quantitative estimate of drug-likeness (QED) is 0.419. The molecule has 0 aliphatic rings. The van der Waals surface area contributed by atoms with Crippen molar-refractivity contribution in [3.05, 3.63) is 107 Å². The highest BCUT2D eigenvalue weighted by atomic mass is 35.5. The minimum Gasteiger partial charge on any atom is -0.330 e. The van der Waals surface area contributed by atoms with Crippen molar-refractivity contribution >= 4 is 40.2 Å². The van der Waals surface area contributed by atoms with E-state index in [4.69, 9.17) is 23.8 Å². The van der Waals surface area contributed by atoms with Crippen molar-refractivity contribution in [3.8, 4) is 0 Å². The first-order valence-corrected chi connectivity index (χ1v) is 8.91. The van der Waals surface area contributed by atoms with Gasteiger partial charge in [-0.2, -0.15) is 0 Å². The van der Waals surface area contributed by atoms with Gasteiger partial charge in [0.05, 0.1) is 10.7 Å². The van der Waals surface area contributed by atoms with Crippen LogP contribution in [0.5, 0.6) is 0 Å². The monoisotopic (exact) mass is 379 g/mol. The van der Waals surface area contributed by atoms with E-state index in [2.05, 4.69) is 40.4 Å².